The Morgan fingerprint density at radius 1 is 1.00 bits per heavy atom. The molecule has 36 heavy (non-hydrogen) atoms. The van der Waals surface area contributed by atoms with Crippen molar-refractivity contribution >= 4 is 78.8 Å². The van der Waals surface area contributed by atoms with Crippen molar-refractivity contribution in [1.29, 1.82) is 0 Å². The van der Waals surface area contributed by atoms with Crippen LogP contribution in [0.5, 0.6) is 5.75 Å². The summed E-state index contributed by atoms with van der Waals surface area (Å²) in [7, 11) is 0. The first kappa shape index (κ1) is 25.5. The molecule has 0 bridgehead atoms. The number of benzene rings is 3. The minimum atomic E-state index is -0.954. The third-order valence-electron chi connectivity index (χ3n) is 5.05. The number of ether oxygens (including phenoxy) is 1. The number of nitro groups is 1. The van der Waals surface area contributed by atoms with Gasteiger partial charge in [-0.15, -0.1) is 0 Å². The van der Waals surface area contributed by atoms with Crippen molar-refractivity contribution < 1.29 is 24.0 Å². The van der Waals surface area contributed by atoms with E-state index >= 15 is 0 Å². The zero-order chi connectivity index (χ0) is 26.0. The standard InChI is InChI=1S/C24H14Br2ClN3O6/c25-19-10-14(11-20(26)21(19)36-12-13-1-3-15(27)4-2-13)9-18-22(31)28-24(33)29(23(18)32)16-5-7-17(8-6-16)30(34)35/h1-11H,12H2,(H,28,31,33)/b18-9+. The maximum absolute atomic E-state index is 13.1. The number of hydrogen-bond acceptors (Lipinski definition) is 6. The second-order valence-electron chi connectivity index (χ2n) is 7.46. The van der Waals surface area contributed by atoms with Crippen molar-refractivity contribution in [2.45, 2.75) is 6.61 Å². The number of anilines is 1. The maximum atomic E-state index is 13.1. The van der Waals surface area contributed by atoms with E-state index in [-0.39, 0.29) is 23.6 Å². The lowest BCUT2D eigenvalue weighted by molar-refractivity contribution is -0.384. The van der Waals surface area contributed by atoms with Gasteiger partial charge in [0.25, 0.3) is 17.5 Å². The van der Waals surface area contributed by atoms with Crippen LogP contribution >= 0.6 is 43.5 Å². The van der Waals surface area contributed by atoms with Gasteiger partial charge in [-0.3, -0.25) is 25.0 Å². The fraction of sp³-hybridized carbons (Fsp3) is 0.0417. The molecule has 3 aromatic carbocycles. The van der Waals surface area contributed by atoms with Gasteiger partial charge in [-0.2, -0.15) is 0 Å². The van der Waals surface area contributed by atoms with Crippen LogP contribution in [0.15, 0.2) is 75.2 Å². The second kappa shape index (κ2) is 10.6. The van der Waals surface area contributed by atoms with E-state index in [1.165, 1.54) is 18.2 Å². The average molecular weight is 636 g/mol. The van der Waals surface area contributed by atoms with Crippen LogP contribution in [0.4, 0.5) is 16.2 Å². The first-order chi connectivity index (χ1) is 17.1. The molecule has 182 valence electrons. The predicted molar refractivity (Wildman–Crippen MR) is 140 cm³/mol. The molecule has 0 radical (unpaired) electrons. The number of non-ortho nitro benzene ring substituents is 1. The highest BCUT2D eigenvalue weighted by Crippen LogP contribution is 2.36. The Morgan fingerprint density at radius 3 is 2.19 bits per heavy atom. The number of nitro benzene ring substituents is 1. The van der Waals surface area contributed by atoms with Gasteiger partial charge >= 0.3 is 6.03 Å². The summed E-state index contributed by atoms with van der Waals surface area (Å²) in [5, 5.41) is 13.6. The Kier molecular flexibility index (Phi) is 7.53. The summed E-state index contributed by atoms with van der Waals surface area (Å²) in [5.41, 5.74) is 0.967. The average Bonchev–Trinajstić information content (AvgIpc) is 2.82. The summed E-state index contributed by atoms with van der Waals surface area (Å²) in [4.78, 5) is 48.9. The molecule has 0 spiro atoms. The SMILES string of the molecule is O=C1NC(=O)N(c2ccc([N+](=O)[O-])cc2)C(=O)/C1=C/c1cc(Br)c(OCc2ccc(Cl)cc2)c(Br)c1. The third-order valence-corrected chi connectivity index (χ3v) is 6.48. The fourth-order valence-electron chi connectivity index (χ4n) is 3.32. The lowest BCUT2D eigenvalue weighted by Crippen LogP contribution is -2.54. The summed E-state index contributed by atoms with van der Waals surface area (Å²) in [6.07, 6.45) is 1.33. The number of urea groups is 1. The lowest BCUT2D eigenvalue weighted by Gasteiger charge is -2.26. The number of nitrogens with zero attached hydrogens (tertiary/aromatic N) is 2. The van der Waals surface area contributed by atoms with Crippen LogP contribution in [0.3, 0.4) is 0 Å². The molecule has 4 rings (SSSR count). The van der Waals surface area contributed by atoms with Crippen molar-refractivity contribution in [3.8, 4) is 5.75 Å². The fourth-order valence-corrected chi connectivity index (χ4v) is 4.90. The Bertz CT molecular complexity index is 1400. The van der Waals surface area contributed by atoms with E-state index in [1.807, 2.05) is 12.1 Å². The molecular weight excluding hydrogens is 622 g/mol. The van der Waals surface area contributed by atoms with Gasteiger partial charge in [0, 0.05) is 17.2 Å². The zero-order valence-corrected chi connectivity index (χ0v) is 22.0. The van der Waals surface area contributed by atoms with Gasteiger partial charge in [0.2, 0.25) is 0 Å². The van der Waals surface area contributed by atoms with Crippen LogP contribution in [-0.2, 0) is 16.2 Å². The minimum Gasteiger partial charge on any atom is -0.487 e. The number of rotatable bonds is 6. The van der Waals surface area contributed by atoms with Crippen molar-refractivity contribution in [1.82, 2.24) is 5.32 Å². The number of barbiturate groups is 1. The van der Waals surface area contributed by atoms with E-state index in [0.29, 0.717) is 25.3 Å². The Balaban J connectivity index is 1.59. The number of nitrogens with one attached hydrogen (secondary N) is 1. The molecule has 0 atom stereocenters. The van der Waals surface area contributed by atoms with Gasteiger partial charge in [0.15, 0.2) is 0 Å². The first-order valence-corrected chi connectivity index (χ1v) is 12.1. The van der Waals surface area contributed by atoms with E-state index in [2.05, 4.69) is 37.2 Å². The van der Waals surface area contributed by atoms with Crippen molar-refractivity contribution in [3.05, 3.63) is 101 Å². The van der Waals surface area contributed by atoms with E-state index < -0.39 is 22.8 Å². The van der Waals surface area contributed by atoms with E-state index in [9.17, 15) is 24.5 Å². The van der Waals surface area contributed by atoms with Gasteiger partial charge < -0.3 is 4.74 Å². The highest BCUT2D eigenvalue weighted by Gasteiger charge is 2.37. The molecule has 3 aromatic rings. The summed E-state index contributed by atoms with van der Waals surface area (Å²) in [6, 6.07) is 14.4. The molecule has 1 saturated heterocycles. The largest absolute Gasteiger partial charge is 0.487 e. The smallest absolute Gasteiger partial charge is 0.335 e. The second-order valence-corrected chi connectivity index (χ2v) is 9.61. The molecule has 0 saturated carbocycles. The van der Waals surface area contributed by atoms with Crippen LogP contribution in [0.1, 0.15) is 11.1 Å². The Labute approximate surface area is 226 Å². The molecule has 0 aliphatic carbocycles. The van der Waals surface area contributed by atoms with Crippen LogP contribution in [0.2, 0.25) is 5.02 Å². The van der Waals surface area contributed by atoms with Gasteiger partial charge in [-0.1, -0.05) is 23.7 Å². The minimum absolute atomic E-state index is 0.0785. The first-order valence-electron chi connectivity index (χ1n) is 10.2. The van der Waals surface area contributed by atoms with Gasteiger partial charge in [-0.25, -0.2) is 9.69 Å². The quantitative estimate of drug-likeness (QED) is 0.153. The molecule has 1 N–H and O–H groups in total. The zero-order valence-electron chi connectivity index (χ0n) is 18.0. The highest BCUT2D eigenvalue weighted by atomic mass is 79.9. The molecule has 0 aromatic heterocycles. The number of imide groups is 2. The molecule has 1 aliphatic rings. The van der Waals surface area contributed by atoms with Gasteiger partial charge in [-0.05, 0) is 85.5 Å². The van der Waals surface area contributed by atoms with Crippen molar-refractivity contribution in [2.75, 3.05) is 4.90 Å². The van der Waals surface area contributed by atoms with Crippen LogP contribution in [-0.4, -0.2) is 22.8 Å². The highest BCUT2D eigenvalue weighted by molar-refractivity contribution is 9.11. The molecule has 12 heteroatoms. The van der Waals surface area contributed by atoms with Gasteiger partial charge in [0.1, 0.15) is 17.9 Å². The Hall–Kier alpha value is -3.54. The summed E-state index contributed by atoms with van der Waals surface area (Å²) in [6.45, 7) is 0.280. The van der Waals surface area contributed by atoms with E-state index in [4.69, 9.17) is 16.3 Å². The number of carbonyl (C=O) groups excluding carboxylic acids is 3. The third kappa shape index (κ3) is 5.48. The van der Waals surface area contributed by atoms with Crippen LogP contribution < -0.4 is 15.0 Å². The molecule has 1 heterocycles. The Morgan fingerprint density at radius 2 is 1.61 bits per heavy atom. The maximum Gasteiger partial charge on any atom is 0.335 e. The number of halogens is 3. The number of hydrogen-bond donors (Lipinski definition) is 1. The van der Waals surface area contributed by atoms with E-state index in [1.54, 1.807) is 24.3 Å². The number of amides is 4. The lowest BCUT2D eigenvalue weighted by atomic mass is 10.1. The molecule has 4 amide bonds. The summed E-state index contributed by atoms with van der Waals surface area (Å²) in [5.74, 6) is -1.22. The van der Waals surface area contributed by atoms with Gasteiger partial charge in [0.05, 0.1) is 19.6 Å². The van der Waals surface area contributed by atoms with Crippen molar-refractivity contribution in [2.24, 2.45) is 0 Å². The monoisotopic (exact) mass is 633 g/mol. The summed E-state index contributed by atoms with van der Waals surface area (Å²) >= 11 is 12.8. The van der Waals surface area contributed by atoms with Crippen LogP contribution in [0.25, 0.3) is 6.08 Å². The van der Waals surface area contributed by atoms with E-state index in [0.717, 1.165) is 22.6 Å². The number of carbonyl (C=O) groups is 3. The predicted octanol–water partition coefficient (Wildman–Crippen LogP) is 6.02. The molecule has 9 nitrogen and oxygen atoms in total. The normalized spacial score (nSPS) is 14.7. The van der Waals surface area contributed by atoms with Crippen molar-refractivity contribution in [3.63, 3.8) is 0 Å². The molecule has 1 fully saturated rings. The molecule has 1 aliphatic heterocycles. The van der Waals surface area contributed by atoms with Crippen LogP contribution in [0, 0.1) is 10.1 Å². The topological polar surface area (TPSA) is 119 Å². The molecular formula is C24H14Br2ClN3O6. The summed E-state index contributed by atoms with van der Waals surface area (Å²) < 4.78 is 7.01. The molecule has 0 unspecified atom stereocenters.